The number of piperidine rings is 1. The molecule has 0 radical (unpaired) electrons. The third-order valence-corrected chi connectivity index (χ3v) is 4.94. The number of carbonyl (C=O) groups is 1. The molecule has 22 heavy (non-hydrogen) atoms. The van der Waals surface area contributed by atoms with E-state index in [0.29, 0.717) is 24.7 Å². The molecule has 0 saturated carbocycles. The first-order valence-corrected chi connectivity index (χ1v) is 9.13. The number of hydrogen-bond donors (Lipinski definition) is 0. The predicted octanol–water partition coefficient (Wildman–Crippen LogP) is 1.85. The summed E-state index contributed by atoms with van der Waals surface area (Å²) in [7, 11) is -3.61. The quantitative estimate of drug-likeness (QED) is 0.847. The number of likely N-dealkylation sites (tertiary alicyclic amines) is 1. The Balaban J connectivity index is 2.17. The second kappa shape index (κ2) is 6.64. The molecule has 0 spiro atoms. The molecule has 1 aromatic rings. The fourth-order valence-corrected chi connectivity index (χ4v) is 3.50. The summed E-state index contributed by atoms with van der Waals surface area (Å²) in [6.45, 7) is 3.13. The molecule has 0 aromatic heterocycles. The summed E-state index contributed by atoms with van der Waals surface area (Å²) in [4.78, 5) is 14.1. The highest BCUT2D eigenvalue weighted by molar-refractivity contribution is 7.92. The normalized spacial score (nSPS) is 19.0. The van der Waals surface area contributed by atoms with Crippen LogP contribution in [0, 0.1) is 11.7 Å². The number of carbonyl (C=O) groups excluding carboxylic acids is 1. The van der Waals surface area contributed by atoms with Gasteiger partial charge in [0, 0.05) is 13.1 Å². The zero-order valence-corrected chi connectivity index (χ0v) is 13.6. The number of sulfonamides is 1. The molecule has 1 amide bonds. The van der Waals surface area contributed by atoms with Crippen molar-refractivity contribution in [3.05, 3.63) is 30.1 Å². The Bertz CT molecular complexity index is 631. The van der Waals surface area contributed by atoms with Gasteiger partial charge in [-0.1, -0.05) is 6.92 Å². The van der Waals surface area contributed by atoms with Crippen molar-refractivity contribution in [1.82, 2.24) is 4.90 Å². The molecule has 122 valence electrons. The lowest BCUT2D eigenvalue weighted by molar-refractivity contribution is -0.131. The fourth-order valence-electron chi connectivity index (χ4n) is 2.65. The first-order valence-electron chi connectivity index (χ1n) is 7.28. The van der Waals surface area contributed by atoms with E-state index in [1.165, 1.54) is 24.3 Å². The SMILES string of the molecule is C[C@H]1CCCN(C(=O)CN(c2ccc(F)cc2)S(C)(=O)=O)C1. The van der Waals surface area contributed by atoms with Gasteiger partial charge in [-0.25, -0.2) is 12.8 Å². The minimum absolute atomic E-state index is 0.221. The van der Waals surface area contributed by atoms with Crippen LogP contribution in [-0.4, -0.2) is 45.1 Å². The maximum atomic E-state index is 13.0. The molecule has 1 aromatic carbocycles. The third kappa shape index (κ3) is 4.19. The van der Waals surface area contributed by atoms with Crippen molar-refractivity contribution in [2.24, 2.45) is 5.92 Å². The van der Waals surface area contributed by atoms with Crippen LogP contribution in [0.15, 0.2) is 24.3 Å². The third-order valence-electron chi connectivity index (χ3n) is 3.80. The van der Waals surface area contributed by atoms with Gasteiger partial charge in [0.15, 0.2) is 0 Å². The molecule has 1 aliphatic heterocycles. The van der Waals surface area contributed by atoms with Crippen LogP contribution >= 0.6 is 0 Å². The molecule has 0 aliphatic carbocycles. The molecule has 1 saturated heterocycles. The summed E-state index contributed by atoms with van der Waals surface area (Å²) in [5.74, 6) is -0.245. The second-order valence-corrected chi connectivity index (χ2v) is 7.74. The van der Waals surface area contributed by atoms with Gasteiger partial charge in [-0.2, -0.15) is 0 Å². The minimum atomic E-state index is -3.61. The van der Waals surface area contributed by atoms with Gasteiger partial charge >= 0.3 is 0 Å². The Labute approximate surface area is 130 Å². The van der Waals surface area contributed by atoms with Gasteiger partial charge < -0.3 is 4.90 Å². The summed E-state index contributed by atoms with van der Waals surface area (Å²) in [5, 5.41) is 0. The van der Waals surface area contributed by atoms with Crippen molar-refractivity contribution in [2.45, 2.75) is 19.8 Å². The van der Waals surface area contributed by atoms with Gasteiger partial charge in [0.2, 0.25) is 15.9 Å². The van der Waals surface area contributed by atoms with E-state index in [4.69, 9.17) is 0 Å². The average Bonchev–Trinajstić information content (AvgIpc) is 2.44. The van der Waals surface area contributed by atoms with E-state index in [2.05, 4.69) is 6.92 Å². The van der Waals surface area contributed by atoms with Crippen LogP contribution in [-0.2, 0) is 14.8 Å². The van der Waals surface area contributed by atoms with Crippen LogP contribution in [0.1, 0.15) is 19.8 Å². The molecule has 7 heteroatoms. The topological polar surface area (TPSA) is 57.7 Å². The zero-order chi connectivity index (χ0) is 16.3. The first kappa shape index (κ1) is 16.7. The van der Waals surface area contributed by atoms with Crippen molar-refractivity contribution in [3.8, 4) is 0 Å². The average molecular weight is 328 g/mol. The molecule has 1 fully saturated rings. The summed E-state index contributed by atoms with van der Waals surface area (Å²) in [6, 6.07) is 5.09. The number of benzene rings is 1. The Kier molecular flexibility index (Phi) is 5.05. The Morgan fingerprint density at radius 3 is 2.55 bits per heavy atom. The van der Waals surface area contributed by atoms with Gasteiger partial charge in [-0.15, -0.1) is 0 Å². The molecule has 1 heterocycles. The molecular weight excluding hydrogens is 307 g/mol. The highest BCUT2D eigenvalue weighted by Crippen LogP contribution is 2.20. The standard InChI is InChI=1S/C15H21FN2O3S/c1-12-4-3-9-17(10-12)15(19)11-18(22(2,20)21)14-7-5-13(16)6-8-14/h5-8,12H,3-4,9-11H2,1-2H3/t12-/m0/s1. The van der Waals surface area contributed by atoms with Gasteiger partial charge in [0.05, 0.1) is 11.9 Å². The molecule has 2 rings (SSSR count). The van der Waals surface area contributed by atoms with Crippen molar-refractivity contribution in [3.63, 3.8) is 0 Å². The Morgan fingerprint density at radius 2 is 2.00 bits per heavy atom. The summed E-state index contributed by atoms with van der Waals surface area (Å²) >= 11 is 0. The van der Waals surface area contributed by atoms with E-state index in [-0.39, 0.29) is 12.5 Å². The van der Waals surface area contributed by atoms with Crippen molar-refractivity contribution >= 4 is 21.6 Å². The van der Waals surface area contributed by atoms with Gasteiger partial charge in [0.1, 0.15) is 12.4 Å². The minimum Gasteiger partial charge on any atom is -0.341 e. The molecule has 5 nitrogen and oxygen atoms in total. The predicted molar refractivity (Wildman–Crippen MR) is 83.6 cm³/mol. The maximum absolute atomic E-state index is 13.0. The van der Waals surface area contributed by atoms with Crippen LogP contribution in [0.25, 0.3) is 0 Å². The highest BCUT2D eigenvalue weighted by Gasteiger charge is 2.26. The summed E-state index contributed by atoms with van der Waals surface area (Å²) in [6.07, 6.45) is 3.06. The van der Waals surface area contributed by atoms with Crippen LogP contribution in [0.5, 0.6) is 0 Å². The van der Waals surface area contributed by atoms with Crippen LogP contribution in [0.4, 0.5) is 10.1 Å². The highest BCUT2D eigenvalue weighted by atomic mass is 32.2. The van der Waals surface area contributed by atoms with Crippen molar-refractivity contribution < 1.29 is 17.6 Å². The first-order chi connectivity index (χ1) is 10.3. The lowest BCUT2D eigenvalue weighted by Gasteiger charge is -2.33. The zero-order valence-electron chi connectivity index (χ0n) is 12.8. The molecule has 1 aliphatic rings. The van der Waals surface area contributed by atoms with E-state index in [0.717, 1.165) is 23.4 Å². The van der Waals surface area contributed by atoms with Gasteiger partial charge in [-0.3, -0.25) is 9.10 Å². The summed E-state index contributed by atoms with van der Waals surface area (Å²) < 4.78 is 37.9. The van der Waals surface area contributed by atoms with Crippen molar-refractivity contribution in [2.75, 3.05) is 30.2 Å². The number of anilines is 1. The van der Waals surface area contributed by atoms with E-state index in [9.17, 15) is 17.6 Å². The fraction of sp³-hybridized carbons (Fsp3) is 0.533. The molecule has 0 N–H and O–H groups in total. The monoisotopic (exact) mass is 328 g/mol. The Hall–Kier alpha value is -1.63. The van der Waals surface area contributed by atoms with Crippen LogP contribution in [0.3, 0.4) is 0 Å². The van der Waals surface area contributed by atoms with E-state index < -0.39 is 15.8 Å². The molecule has 0 unspecified atom stereocenters. The number of nitrogens with zero attached hydrogens (tertiary/aromatic N) is 2. The Morgan fingerprint density at radius 1 is 1.36 bits per heavy atom. The van der Waals surface area contributed by atoms with Crippen LogP contribution < -0.4 is 4.31 Å². The lowest BCUT2D eigenvalue weighted by atomic mass is 10.0. The molecule has 0 bridgehead atoms. The van der Waals surface area contributed by atoms with Crippen molar-refractivity contribution in [1.29, 1.82) is 0 Å². The number of hydrogen-bond acceptors (Lipinski definition) is 3. The van der Waals surface area contributed by atoms with E-state index >= 15 is 0 Å². The van der Waals surface area contributed by atoms with E-state index in [1.54, 1.807) is 4.90 Å². The number of rotatable bonds is 4. The molecular formula is C15H21FN2O3S. The van der Waals surface area contributed by atoms with Gasteiger partial charge in [0.25, 0.3) is 0 Å². The van der Waals surface area contributed by atoms with Gasteiger partial charge in [-0.05, 0) is 43.0 Å². The number of halogens is 1. The number of amides is 1. The summed E-state index contributed by atoms with van der Waals surface area (Å²) in [5.41, 5.74) is 0.294. The van der Waals surface area contributed by atoms with E-state index in [1.807, 2.05) is 0 Å². The smallest absolute Gasteiger partial charge is 0.243 e. The van der Waals surface area contributed by atoms with Crippen LogP contribution in [0.2, 0.25) is 0 Å². The second-order valence-electron chi connectivity index (χ2n) is 5.83. The lowest BCUT2D eigenvalue weighted by Crippen LogP contribution is -2.46. The molecule has 1 atom stereocenters. The maximum Gasteiger partial charge on any atom is 0.243 e. The largest absolute Gasteiger partial charge is 0.341 e.